The average Bonchev–Trinajstić information content (AvgIpc) is 3.15. The second kappa shape index (κ2) is 11.0. The number of rotatable bonds is 10. The molecule has 6 nitrogen and oxygen atoms in total. The summed E-state index contributed by atoms with van der Waals surface area (Å²) in [4.78, 5) is 2.32. The van der Waals surface area contributed by atoms with Crippen LogP contribution in [0, 0.1) is 19.7 Å². The lowest BCUT2D eigenvalue weighted by atomic mass is 9.92. The third-order valence-corrected chi connectivity index (χ3v) is 6.31. The van der Waals surface area contributed by atoms with Crippen molar-refractivity contribution in [1.82, 2.24) is 14.7 Å². The maximum Gasteiger partial charge on any atom is 0.165 e. The highest BCUT2D eigenvalue weighted by atomic mass is 19.1. The Bertz CT molecular complexity index is 1080. The fourth-order valence-electron chi connectivity index (χ4n) is 4.34. The van der Waals surface area contributed by atoms with Gasteiger partial charge in [-0.2, -0.15) is 5.10 Å². The van der Waals surface area contributed by atoms with Crippen LogP contribution in [0.25, 0.3) is 0 Å². The summed E-state index contributed by atoms with van der Waals surface area (Å²) in [5.41, 5.74) is 2.46. The van der Waals surface area contributed by atoms with Gasteiger partial charge in [-0.3, -0.25) is 9.58 Å². The molecule has 0 saturated carbocycles. The molecule has 34 heavy (non-hydrogen) atoms. The van der Waals surface area contributed by atoms with Crippen molar-refractivity contribution in [2.45, 2.75) is 51.8 Å². The lowest BCUT2D eigenvalue weighted by Gasteiger charge is -2.38. The maximum absolute atomic E-state index is 13.8. The second-order valence-electron chi connectivity index (χ2n) is 9.22. The first-order valence-corrected chi connectivity index (χ1v) is 12.0. The molecule has 182 valence electrons. The summed E-state index contributed by atoms with van der Waals surface area (Å²) in [6, 6.07) is 16.6. The number of para-hydroxylation sites is 1. The largest absolute Gasteiger partial charge is 0.494 e. The van der Waals surface area contributed by atoms with Crippen molar-refractivity contribution in [3.05, 3.63) is 77.4 Å². The van der Waals surface area contributed by atoms with E-state index in [1.807, 2.05) is 23.7 Å². The Morgan fingerprint density at radius 1 is 1.03 bits per heavy atom. The molecule has 1 N–H and O–H groups in total. The van der Waals surface area contributed by atoms with Crippen LogP contribution in [0.4, 0.5) is 4.39 Å². The van der Waals surface area contributed by atoms with Crippen LogP contribution >= 0.6 is 0 Å². The molecule has 1 aliphatic heterocycles. The first-order valence-electron chi connectivity index (χ1n) is 12.0. The van der Waals surface area contributed by atoms with Gasteiger partial charge in [0.15, 0.2) is 11.6 Å². The number of aryl methyl sites for hydroxylation is 3. The minimum Gasteiger partial charge on any atom is -0.494 e. The zero-order chi connectivity index (χ0) is 24.0. The summed E-state index contributed by atoms with van der Waals surface area (Å²) in [6.45, 7) is 7.97. The number of ether oxygens (including phenoxy) is 2. The Labute approximate surface area is 200 Å². The molecular formula is C27H34FN3O3. The minimum atomic E-state index is -0.935. The Balaban J connectivity index is 1.20. The van der Waals surface area contributed by atoms with Crippen molar-refractivity contribution in [3.8, 4) is 11.5 Å². The van der Waals surface area contributed by atoms with E-state index in [-0.39, 0.29) is 12.4 Å². The molecule has 0 radical (unpaired) electrons. The number of likely N-dealkylation sites (tertiary alicyclic amines) is 1. The van der Waals surface area contributed by atoms with Crippen LogP contribution in [0.2, 0.25) is 0 Å². The van der Waals surface area contributed by atoms with E-state index < -0.39 is 11.4 Å². The standard InChI is InChI=1S/C27H34FN3O3/c1-21-17-22(2)31(29-21)13-6-16-33-24-8-5-7-23(18-24)19-30-14-11-27(32,12-15-30)20-34-26-10-4-3-9-25(26)28/h3-5,7-10,17-18,32H,6,11-16,19-20H2,1-2H3. The summed E-state index contributed by atoms with van der Waals surface area (Å²) < 4.78 is 27.3. The van der Waals surface area contributed by atoms with Gasteiger partial charge < -0.3 is 14.6 Å². The third-order valence-electron chi connectivity index (χ3n) is 6.31. The van der Waals surface area contributed by atoms with Crippen LogP contribution in [-0.4, -0.2) is 51.7 Å². The maximum atomic E-state index is 13.8. The van der Waals surface area contributed by atoms with E-state index in [2.05, 4.69) is 35.1 Å². The van der Waals surface area contributed by atoms with E-state index in [4.69, 9.17) is 9.47 Å². The van der Waals surface area contributed by atoms with E-state index in [1.165, 1.54) is 17.3 Å². The van der Waals surface area contributed by atoms with E-state index in [0.717, 1.165) is 44.0 Å². The van der Waals surface area contributed by atoms with Crippen molar-refractivity contribution in [3.63, 3.8) is 0 Å². The highest BCUT2D eigenvalue weighted by molar-refractivity contribution is 5.28. The summed E-state index contributed by atoms with van der Waals surface area (Å²) in [5.74, 6) is 0.653. The molecule has 0 spiro atoms. The molecule has 1 aromatic heterocycles. The van der Waals surface area contributed by atoms with Crippen molar-refractivity contribution < 1.29 is 19.0 Å². The quantitative estimate of drug-likeness (QED) is 0.445. The number of aromatic nitrogens is 2. The number of nitrogens with zero attached hydrogens (tertiary/aromatic N) is 3. The zero-order valence-electron chi connectivity index (χ0n) is 20.0. The minimum absolute atomic E-state index is 0.0999. The normalized spacial score (nSPS) is 15.9. The Hall–Kier alpha value is -2.90. The first kappa shape index (κ1) is 24.2. The number of piperidine rings is 1. The number of halogens is 1. The number of hydrogen-bond acceptors (Lipinski definition) is 5. The lowest BCUT2D eigenvalue weighted by Crippen LogP contribution is -2.47. The smallest absolute Gasteiger partial charge is 0.165 e. The molecule has 4 rings (SSSR count). The van der Waals surface area contributed by atoms with Gasteiger partial charge in [0.2, 0.25) is 0 Å². The number of aliphatic hydroxyl groups is 1. The Kier molecular flexibility index (Phi) is 7.85. The zero-order valence-corrected chi connectivity index (χ0v) is 20.0. The van der Waals surface area contributed by atoms with Crippen LogP contribution in [0.5, 0.6) is 11.5 Å². The molecule has 7 heteroatoms. The predicted molar refractivity (Wildman–Crippen MR) is 130 cm³/mol. The predicted octanol–water partition coefficient (Wildman–Crippen LogP) is 4.51. The summed E-state index contributed by atoms with van der Waals surface area (Å²) in [5, 5.41) is 15.4. The molecule has 0 aliphatic carbocycles. The van der Waals surface area contributed by atoms with Crippen molar-refractivity contribution >= 4 is 0 Å². The number of hydrogen-bond donors (Lipinski definition) is 1. The SMILES string of the molecule is Cc1cc(C)n(CCCOc2cccc(CN3CCC(O)(COc4ccccc4F)CC3)c2)n1. The molecule has 0 atom stereocenters. The van der Waals surface area contributed by atoms with E-state index in [1.54, 1.807) is 18.2 Å². The molecular weight excluding hydrogens is 433 g/mol. The van der Waals surface area contributed by atoms with Gasteiger partial charge in [0.1, 0.15) is 18.0 Å². The van der Waals surface area contributed by atoms with Crippen LogP contribution < -0.4 is 9.47 Å². The van der Waals surface area contributed by atoms with E-state index >= 15 is 0 Å². The van der Waals surface area contributed by atoms with Gasteiger partial charge in [-0.25, -0.2) is 4.39 Å². The van der Waals surface area contributed by atoms with Crippen LogP contribution in [0.3, 0.4) is 0 Å². The van der Waals surface area contributed by atoms with Gasteiger partial charge in [-0.1, -0.05) is 24.3 Å². The van der Waals surface area contributed by atoms with Crippen molar-refractivity contribution in [2.75, 3.05) is 26.3 Å². The van der Waals surface area contributed by atoms with Crippen molar-refractivity contribution in [1.29, 1.82) is 0 Å². The fraction of sp³-hybridized carbons (Fsp3) is 0.444. The molecule has 0 bridgehead atoms. The second-order valence-corrected chi connectivity index (χ2v) is 9.22. The molecule has 0 amide bonds. The molecule has 2 aromatic carbocycles. The van der Waals surface area contributed by atoms with Crippen LogP contribution in [-0.2, 0) is 13.1 Å². The Morgan fingerprint density at radius 2 is 1.82 bits per heavy atom. The molecule has 2 heterocycles. The molecule has 1 fully saturated rings. The molecule has 0 unspecified atom stereocenters. The highest BCUT2D eigenvalue weighted by Gasteiger charge is 2.33. The third kappa shape index (κ3) is 6.58. The molecule has 3 aromatic rings. The lowest BCUT2D eigenvalue weighted by molar-refractivity contribution is -0.0543. The topological polar surface area (TPSA) is 59.8 Å². The summed E-state index contributed by atoms with van der Waals surface area (Å²) in [7, 11) is 0. The summed E-state index contributed by atoms with van der Waals surface area (Å²) >= 11 is 0. The van der Waals surface area contributed by atoms with Crippen molar-refractivity contribution in [2.24, 2.45) is 0 Å². The monoisotopic (exact) mass is 467 g/mol. The van der Waals surface area contributed by atoms with E-state index in [0.29, 0.717) is 19.4 Å². The highest BCUT2D eigenvalue weighted by Crippen LogP contribution is 2.26. The van der Waals surface area contributed by atoms with Crippen LogP contribution in [0.15, 0.2) is 54.6 Å². The molecule has 1 aliphatic rings. The van der Waals surface area contributed by atoms with Gasteiger partial charge in [0.05, 0.1) is 12.3 Å². The van der Waals surface area contributed by atoms with Gasteiger partial charge in [0, 0.05) is 38.3 Å². The van der Waals surface area contributed by atoms with Crippen LogP contribution in [0.1, 0.15) is 36.2 Å². The van der Waals surface area contributed by atoms with Gasteiger partial charge in [-0.15, -0.1) is 0 Å². The average molecular weight is 468 g/mol. The van der Waals surface area contributed by atoms with Gasteiger partial charge in [0.25, 0.3) is 0 Å². The Morgan fingerprint density at radius 3 is 2.56 bits per heavy atom. The molecule has 1 saturated heterocycles. The number of benzene rings is 2. The first-order chi connectivity index (χ1) is 16.4. The fourth-order valence-corrected chi connectivity index (χ4v) is 4.34. The van der Waals surface area contributed by atoms with Gasteiger partial charge in [-0.05, 0) is 62.6 Å². The van der Waals surface area contributed by atoms with E-state index in [9.17, 15) is 9.50 Å². The summed E-state index contributed by atoms with van der Waals surface area (Å²) in [6.07, 6.45) is 2.07. The van der Waals surface area contributed by atoms with Gasteiger partial charge >= 0.3 is 0 Å².